The first-order chi connectivity index (χ1) is 11.3. The van der Waals surface area contributed by atoms with Gasteiger partial charge in [-0.25, -0.2) is 4.98 Å². The molecule has 23 heavy (non-hydrogen) atoms. The lowest BCUT2D eigenvalue weighted by Gasteiger charge is -2.28. The lowest BCUT2D eigenvalue weighted by Crippen LogP contribution is -2.31. The van der Waals surface area contributed by atoms with Gasteiger partial charge in [0.1, 0.15) is 5.52 Å². The molecule has 0 atom stereocenters. The van der Waals surface area contributed by atoms with Gasteiger partial charge in [-0.15, -0.1) is 0 Å². The number of fused-ring (bicyclic) bond motifs is 2. The van der Waals surface area contributed by atoms with Crippen LogP contribution in [0.1, 0.15) is 19.3 Å². The van der Waals surface area contributed by atoms with Crippen molar-refractivity contribution in [1.29, 1.82) is 0 Å². The van der Waals surface area contributed by atoms with Crippen LogP contribution in [-0.4, -0.2) is 25.2 Å². The molecule has 1 aliphatic heterocycles. The Labute approximate surface area is 134 Å². The number of para-hydroxylation sites is 1. The van der Waals surface area contributed by atoms with Crippen molar-refractivity contribution in [3.63, 3.8) is 0 Å². The molecule has 4 rings (SSSR count). The van der Waals surface area contributed by atoms with Gasteiger partial charge in [-0.05, 0) is 37.5 Å². The molecule has 0 saturated carbocycles. The van der Waals surface area contributed by atoms with E-state index in [9.17, 15) is 5.21 Å². The summed E-state index contributed by atoms with van der Waals surface area (Å²) in [5, 5.41) is 12.7. The zero-order valence-electron chi connectivity index (χ0n) is 13.2. The Bertz CT molecular complexity index is 873. The highest BCUT2D eigenvalue weighted by Gasteiger charge is 2.17. The van der Waals surface area contributed by atoms with Gasteiger partial charge in [0, 0.05) is 30.9 Å². The second kappa shape index (κ2) is 5.57. The molecule has 0 aliphatic carbocycles. The number of anilines is 1. The van der Waals surface area contributed by atoms with Gasteiger partial charge in [0.05, 0.1) is 7.11 Å². The minimum atomic E-state index is 0.530. The highest BCUT2D eigenvalue weighted by molar-refractivity contribution is 5.87. The van der Waals surface area contributed by atoms with E-state index in [1.54, 1.807) is 13.2 Å². The molecule has 2 aromatic carbocycles. The largest absolute Gasteiger partial charge is 0.618 e. The Morgan fingerprint density at radius 2 is 1.91 bits per heavy atom. The maximum absolute atomic E-state index is 12.7. The van der Waals surface area contributed by atoms with Gasteiger partial charge in [0.2, 0.25) is 11.0 Å². The number of piperidine rings is 1. The molecule has 5 heteroatoms. The minimum absolute atomic E-state index is 0.530. The van der Waals surface area contributed by atoms with Crippen LogP contribution in [0.5, 0.6) is 5.75 Å². The Morgan fingerprint density at radius 1 is 1.09 bits per heavy atom. The maximum Gasteiger partial charge on any atom is 0.246 e. The second-order valence-electron chi connectivity index (χ2n) is 5.95. The standard InChI is InChI=1S/C18H19N3O2/c1-23-17-7-5-6-16-18(17)19-14-12-13(8-9-15(14)21(16)22)20-10-3-2-4-11-20/h5-9,12H,2-4,10-11H2,1H3. The van der Waals surface area contributed by atoms with Gasteiger partial charge in [-0.3, -0.25) is 0 Å². The molecule has 2 heterocycles. The van der Waals surface area contributed by atoms with Crippen LogP contribution in [-0.2, 0) is 0 Å². The third-order valence-corrected chi connectivity index (χ3v) is 4.55. The summed E-state index contributed by atoms with van der Waals surface area (Å²) in [7, 11) is 1.60. The van der Waals surface area contributed by atoms with Crippen molar-refractivity contribution < 1.29 is 9.47 Å². The fourth-order valence-corrected chi connectivity index (χ4v) is 3.32. The van der Waals surface area contributed by atoms with Gasteiger partial charge in [-0.1, -0.05) is 6.07 Å². The monoisotopic (exact) mass is 309 g/mol. The first kappa shape index (κ1) is 14.1. The third kappa shape index (κ3) is 2.32. The topological polar surface area (TPSA) is 52.3 Å². The summed E-state index contributed by atoms with van der Waals surface area (Å²) in [5.41, 5.74) is 3.57. The van der Waals surface area contributed by atoms with Crippen molar-refractivity contribution >= 4 is 27.8 Å². The maximum atomic E-state index is 12.7. The van der Waals surface area contributed by atoms with E-state index < -0.39 is 0 Å². The van der Waals surface area contributed by atoms with E-state index in [1.165, 1.54) is 19.3 Å². The molecule has 1 fully saturated rings. The van der Waals surface area contributed by atoms with Gasteiger partial charge < -0.3 is 14.8 Å². The van der Waals surface area contributed by atoms with Crippen molar-refractivity contribution in [2.45, 2.75) is 19.3 Å². The summed E-state index contributed by atoms with van der Waals surface area (Å²) in [6, 6.07) is 11.3. The average molecular weight is 309 g/mol. The summed E-state index contributed by atoms with van der Waals surface area (Å²) in [6.45, 7) is 2.14. The predicted octanol–water partition coefficient (Wildman–Crippen LogP) is 3.02. The van der Waals surface area contributed by atoms with E-state index in [-0.39, 0.29) is 0 Å². The molecule has 0 amide bonds. The molecule has 0 spiro atoms. The summed E-state index contributed by atoms with van der Waals surface area (Å²) < 4.78 is 6.30. The first-order valence-electron chi connectivity index (χ1n) is 8.03. The molecule has 0 unspecified atom stereocenters. The SMILES string of the molecule is COc1cccc2c1nc1cc(N3CCCCC3)ccc1[n+]2[O-]. The molecular formula is C18H19N3O2. The van der Waals surface area contributed by atoms with Crippen molar-refractivity contribution in [3.05, 3.63) is 41.6 Å². The molecule has 118 valence electrons. The molecule has 0 bridgehead atoms. The normalized spacial score (nSPS) is 15.3. The Morgan fingerprint density at radius 3 is 2.70 bits per heavy atom. The zero-order valence-corrected chi connectivity index (χ0v) is 13.2. The molecule has 5 nitrogen and oxygen atoms in total. The van der Waals surface area contributed by atoms with Crippen LogP contribution < -0.4 is 14.4 Å². The number of nitrogens with zero attached hydrogens (tertiary/aromatic N) is 3. The Hall–Kier alpha value is -2.56. The number of benzene rings is 2. The van der Waals surface area contributed by atoms with Crippen LogP contribution in [0.2, 0.25) is 0 Å². The molecule has 1 saturated heterocycles. The molecule has 1 aromatic heterocycles. The van der Waals surface area contributed by atoms with Crippen molar-refractivity contribution in [2.75, 3.05) is 25.1 Å². The molecule has 0 N–H and O–H groups in total. The van der Waals surface area contributed by atoms with E-state index in [1.807, 2.05) is 30.3 Å². The van der Waals surface area contributed by atoms with Crippen LogP contribution in [0, 0.1) is 5.21 Å². The van der Waals surface area contributed by atoms with Gasteiger partial charge >= 0.3 is 0 Å². The van der Waals surface area contributed by atoms with Gasteiger partial charge in [0.25, 0.3) is 0 Å². The molecule has 0 radical (unpaired) electrons. The fraction of sp³-hybridized carbons (Fsp3) is 0.333. The fourth-order valence-electron chi connectivity index (χ4n) is 3.32. The Balaban J connectivity index is 1.91. The lowest BCUT2D eigenvalue weighted by molar-refractivity contribution is -0.548. The van der Waals surface area contributed by atoms with E-state index in [0.29, 0.717) is 27.8 Å². The quantitative estimate of drug-likeness (QED) is 0.415. The number of hydrogen-bond acceptors (Lipinski definition) is 4. The molecule has 1 aliphatic rings. The van der Waals surface area contributed by atoms with E-state index in [0.717, 1.165) is 23.5 Å². The first-order valence-corrected chi connectivity index (χ1v) is 8.03. The average Bonchev–Trinajstić information content (AvgIpc) is 2.62. The van der Waals surface area contributed by atoms with Crippen LogP contribution in [0.15, 0.2) is 36.4 Å². The van der Waals surface area contributed by atoms with Crippen LogP contribution in [0.3, 0.4) is 0 Å². The Kier molecular flexibility index (Phi) is 3.41. The summed E-state index contributed by atoms with van der Waals surface area (Å²) >= 11 is 0. The summed E-state index contributed by atoms with van der Waals surface area (Å²) in [4.78, 5) is 7.06. The lowest BCUT2D eigenvalue weighted by atomic mass is 10.1. The van der Waals surface area contributed by atoms with Crippen molar-refractivity contribution in [2.24, 2.45) is 0 Å². The third-order valence-electron chi connectivity index (χ3n) is 4.55. The summed E-state index contributed by atoms with van der Waals surface area (Å²) in [6.07, 6.45) is 3.74. The summed E-state index contributed by atoms with van der Waals surface area (Å²) in [5.74, 6) is 0.623. The van der Waals surface area contributed by atoms with Gasteiger partial charge in [0.15, 0.2) is 11.3 Å². The van der Waals surface area contributed by atoms with E-state index in [4.69, 9.17) is 9.72 Å². The molecule has 3 aromatic rings. The minimum Gasteiger partial charge on any atom is -0.618 e. The number of aromatic nitrogens is 2. The van der Waals surface area contributed by atoms with Crippen LogP contribution >= 0.6 is 0 Å². The van der Waals surface area contributed by atoms with Crippen LogP contribution in [0.4, 0.5) is 5.69 Å². The van der Waals surface area contributed by atoms with Crippen molar-refractivity contribution in [1.82, 2.24) is 4.98 Å². The zero-order chi connectivity index (χ0) is 15.8. The highest BCUT2D eigenvalue weighted by Crippen LogP contribution is 2.27. The van der Waals surface area contributed by atoms with Crippen molar-refractivity contribution in [3.8, 4) is 5.75 Å². The van der Waals surface area contributed by atoms with Crippen LogP contribution in [0.25, 0.3) is 22.1 Å². The van der Waals surface area contributed by atoms with Gasteiger partial charge in [-0.2, -0.15) is 4.73 Å². The number of hydrogen-bond donors (Lipinski definition) is 0. The second-order valence-corrected chi connectivity index (χ2v) is 5.95. The number of ether oxygens (including phenoxy) is 1. The van der Waals surface area contributed by atoms with E-state index >= 15 is 0 Å². The number of rotatable bonds is 2. The van der Waals surface area contributed by atoms with E-state index in [2.05, 4.69) is 4.90 Å². The smallest absolute Gasteiger partial charge is 0.246 e. The molecular weight excluding hydrogens is 290 g/mol. The highest BCUT2D eigenvalue weighted by atomic mass is 16.5. The predicted molar refractivity (Wildman–Crippen MR) is 90.8 cm³/mol. The number of methoxy groups -OCH3 is 1.